The largest absolute Gasteiger partial charge is 0.465 e. The average molecular weight is 221 g/mol. The van der Waals surface area contributed by atoms with Gasteiger partial charge in [-0.2, -0.15) is 0 Å². The van der Waals surface area contributed by atoms with E-state index in [9.17, 15) is 4.79 Å². The first-order chi connectivity index (χ1) is 7.50. The van der Waals surface area contributed by atoms with E-state index < -0.39 is 6.09 Å². The minimum atomic E-state index is -1.15. The molecule has 86 valence electrons. The van der Waals surface area contributed by atoms with Crippen LogP contribution in [0.3, 0.4) is 0 Å². The predicted octanol–water partition coefficient (Wildman–Crippen LogP) is 2.62. The Morgan fingerprint density at radius 2 is 2.38 bits per heavy atom. The van der Waals surface area contributed by atoms with Crippen molar-refractivity contribution in [3.05, 3.63) is 30.1 Å². The van der Waals surface area contributed by atoms with E-state index in [1.165, 1.54) is 6.21 Å². The molecule has 0 radical (unpaired) electrons. The van der Waals surface area contributed by atoms with Crippen LogP contribution >= 0.6 is 0 Å². The van der Waals surface area contributed by atoms with Gasteiger partial charge in [-0.3, -0.25) is 5.32 Å². The summed E-state index contributed by atoms with van der Waals surface area (Å²) in [5.74, 6) is 1.09. The molecule has 0 atom stereocenters. The van der Waals surface area contributed by atoms with Crippen molar-refractivity contribution < 1.29 is 9.90 Å². The number of nitrogens with zero attached hydrogens (tertiary/aromatic N) is 1. The number of aromatic amines is 1. The molecule has 0 bridgehead atoms. The zero-order valence-electron chi connectivity index (χ0n) is 9.32. The molecule has 1 aromatic rings. The summed E-state index contributed by atoms with van der Waals surface area (Å²) in [7, 11) is 0. The normalized spacial score (nSPS) is 10.9. The highest BCUT2D eigenvalue weighted by Gasteiger charge is 2.05. The third-order valence-electron chi connectivity index (χ3n) is 2.00. The van der Waals surface area contributed by atoms with Gasteiger partial charge in [0.1, 0.15) is 5.82 Å². The number of H-pyrrole nitrogens is 1. The number of carboxylic acid groups (broad SMARTS) is 1. The number of carbonyl (C=O) groups is 1. The van der Waals surface area contributed by atoms with Gasteiger partial charge in [0.2, 0.25) is 0 Å². The molecule has 1 aromatic heterocycles. The van der Waals surface area contributed by atoms with Gasteiger partial charge >= 0.3 is 6.09 Å². The molecule has 1 heterocycles. The van der Waals surface area contributed by atoms with E-state index in [-0.39, 0.29) is 5.70 Å². The molecule has 0 spiro atoms. The monoisotopic (exact) mass is 221 g/mol. The second-order valence-corrected chi connectivity index (χ2v) is 3.65. The van der Waals surface area contributed by atoms with Gasteiger partial charge in [0.05, 0.1) is 11.9 Å². The Labute approximate surface area is 93.9 Å². The number of nitrogens with one attached hydrogen (secondary N) is 2. The first kappa shape index (κ1) is 12.0. The fourth-order valence-corrected chi connectivity index (χ4v) is 1.26. The zero-order chi connectivity index (χ0) is 12.1. The lowest BCUT2D eigenvalue weighted by atomic mass is 10.1. The molecular formula is C11H15N3O2. The Balaban J connectivity index is 2.72. The van der Waals surface area contributed by atoms with Crippen LogP contribution in [0.15, 0.2) is 29.5 Å². The Morgan fingerprint density at radius 1 is 1.69 bits per heavy atom. The standard InChI is InChI=1S/C11H15N3O2/c1-7(2)9-4-5-12-10(9)13-6-8(3)14-11(15)16/h4-7,12,14H,3H2,1-2H3,(H,15,16)/b13-6-. The smallest absolute Gasteiger partial charge is 0.409 e. The van der Waals surface area contributed by atoms with Crippen molar-refractivity contribution in [1.29, 1.82) is 0 Å². The van der Waals surface area contributed by atoms with Crippen LogP contribution in [-0.2, 0) is 0 Å². The summed E-state index contributed by atoms with van der Waals surface area (Å²) in [5, 5.41) is 10.6. The summed E-state index contributed by atoms with van der Waals surface area (Å²) in [6, 6.07) is 1.95. The summed E-state index contributed by atoms with van der Waals surface area (Å²) < 4.78 is 0. The lowest BCUT2D eigenvalue weighted by Crippen LogP contribution is -2.19. The SMILES string of the molecule is C=C(/C=N\c1[nH]ccc1C(C)C)NC(=O)O. The highest BCUT2D eigenvalue weighted by atomic mass is 16.4. The maximum Gasteiger partial charge on any atom is 0.409 e. The summed E-state index contributed by atoms with van der Waals surface area (Å²) in [5.41, 5.74) is 1.32. The second kappa shape index (κ2) is 5.16. The number of aromatic nitrogens is 1. The Bertz CT molecular complexity index is 419. The molecule has 5 heteroatoms. The number of hydrogen-bond donors (Lipinski definition) is 3. The number of aliphatic imine (C=N–C) groups is 1. The van der Waals surface area contributed by atoms with Crippen LogP contribution in [-0.4, -0.2) is 22.4 Å². The summed E-state index contributed by atoms with van der Waals surface area (Å²) >= 11 is 0. The van der Waals surface area contributed by atoms with Crippen LogP contribution in [0.1, 0.15) is 25.3 Å². The van der Waals surface area contributed by atoms with Crippen LogP contribution in [0.4, 0.5) is 10.6 Å². The highest BCUT2D eigenvalue weighted by molar-refractivity contribution is 5.85. The topological polar surface area (TPSA) is 77.5 Å². The third-order valence-corrected chi connectivity index (χ3v) is 2.00. The van der Waals surface area contributed by atoms with Crippen LogP contribution in [0.25, 0.3) is 0 Å². The minimum absolute atomic E-state index is 0.233. The van der Waals surface area contributed by atoms with Gasteiger partial charge in [-0.05, 0) is 17.5 Å². The van der Waals surface area contributed by atoms with E-state index in [1.54, 1.807) is 6.20 Å². The van der Waals surface area contributed by atoms with Crippen molar-refractivity contribution in [2.45, 2.75) is 19.8 Å². The zero-order valence-corrected chi connectivity index (χ0v) is 9.32. The Kier molecular flexibility index (Phi) is 3.88. The van der Waals surface area contributed by atoms with Crippen molar-refractivity contribution in [3.63, 3.8) is 0 Å². The maximum absolute atomic E-state index is 10.3. The molecule has 0 saturated carbocycles. The molecule has 0 aliphatic carbocycles. The Morgan fingerprint density at radius 3 is 2.94 bits per heavy atom. The van der Waals surface area contributed by atoms with E-state index in [0.717, 1.165) is 11.4 Å². The minimum Gasteiger partial charge on any atom is -0.465 e. The van der Waals surface area contributed by atoms with Crippen molar-refractivity contribution >= 4 is 18.1 Å². The van der Waals surface area contributed by atoms with Gasteiger partial charge in [-0.15, -0.1) is 0 Å². The van der Waals surface area contributed by atoms with Gasteiger partial charge in [-0.1, -0.05) is 20.4 Å². The molecule has 0 aromatic carbocycles. The fourth-order valence-electron chi connectivity index (χ4n) is 1.26. The Hall–Kier alpha value is -2.04. The van der Waals surface area contributed by atoms with Gasteiger partial charge < -0.3 is 10.1 Å². The third kappa shape index (κ3) is 3.27. The van der Waals surface area contributed by atoms with Crippen molar-refractivity contribution in [3.8, 4) is 0 Å². The number of rotatable bonds is 4. The van der Waals surface area contributed by atoms with Gasteiger partial charge in [-0.25, -0.2) is 9.79 Å². The maximum atomic E-state index is 10.3. The highest BCUT2D eigenvalue weighted by Crippen LogP contribution is 2.24. The molecule has 0 fully saturated rings. The molecule has 0 saturated heterocycles. The van der Waals surface area contributed by atoms with Gasteiger partial charge in [0.25, 0.3) is 0 Å². The quantitative estimate of drug-likeness (QED) is 0.683. The summed E-state index contributed by atoms with van der Waals surface area (Å²) in [6.07, 6.45) is 2.04. The van der Waals surface area contributed by atoms with Crippen molar-refractivity contribution in [2.75, 3.05) is 0 Å². The predicted molar refractivity (Wildman–Crippen MR) is 63.3 cm³/mol. The lowest BCUT2D eigenvalue weighted by molar-refractivity contribution is 0.198. The van der Waals surface area contributed by atoms with E-state index >= 15 is 0 Å². The molecule has 1 rings (SSSR count). The molecule has 5 nitrogen and oxygen atoms in total. The van der Waals surface area contributed by atoms with Crippen molar-refractivity contribution in [1.82, 2.24) is 10.3 Å². The number of amides is 1. The van der Waals surface area contributed by atoms with Crippen LogP contribution in [0.2, 0.25) is 0 Å². The summed E-state index contributed by atoms with van der Waals surface area (Å²) in [4.78, 5) is 17.4. The molecule has 0 unspecified atom stereocenters. The van der Waals surface area contributed by atoms with Crippen molar-refractivity contribution in [2.24, 2.45) is 4.99 Å². The second-order valence-electron chi connectivity index (χ2n) is 3.65. The van der Waals surface area contributed by atoms with Crippen LogP contribution in [0, 0.1) is 0 Å². The average Bonchev–Trinajstić information content (AvgIpc) is 2.61. The number of hydrogen-bond acceptors (Lipinski definition) is 2. The van der Waals surface area contributed by atoms with Gasteiger partial charge in [0, 0.05) is 6.20 Å². The van der Waals surface area contributed by atoms with Crippen LogP contribution in [0.5, 0.6) is 0 Å². The van der Waals surface area contributed by atoms with E-state index in [0.29, 0.717) is 5.92 Å². The molecule has 3 N–H and O–H groups in total. The van der Waals surface area contributed by atoms with Gasteiger partial charge in [0.15, 0.2) is 0 Å². The lowest BCUT2D eigenvalue weighted by Gasteiger charge is -2.03. The molecule has 0 aliphatic rings. The molecular weight excluding hydrogens is 206 g/mol. The first-order valence-corrected chi connectivity index (χ1v) is 4.91. The number of allylic oxidation sites excluding steroid dienone is 1. The van der Waals surface area contributed by atoms with E-state index in [1.807, 2.05) is 6.07 Å². The fraction of sp³-hybridized carbons (Fsp3) is 0.273. The summed E-state index contributed by atoms with van der Waals surface area (Å²) in [6.45, 7) is 7.64. The molecule has 16 heavy (non-hydrogen) atoms. The van der Waals surface area contributed by atoms with E-state index in [2.05, 4.69) is 35.7 Å². The first-order valence-electron chi connectivity index (χ1n) is 4.91. The van der Waals surface area contributed by atoms with E-state index in [4.69, 9.17) is 5.11 Å². The molecule has 1 amide bonds. The molecule has 0 aliphatic heterocycles. The van der Waals surface area contributed by atoms with Crippen LogP contribution < -0.4 is 5.32 Å².